The molecule has 2 fully saturated rings. The summed E-state index contributed by atoms with van der Waals surface area (Å²) in [6.07, 6.45) is 6.14. The SMILES string of the molecule is CCC[C@@H](N[C@@H](C)C(=O)N1[C@H](C(=O)OCc2ccccc2)C[C@@H]2CCCC[C@@H]21)C(=O)OCC. The summed E-state index contributed by atoms with van der Waals surface area (Å²) in [6, 6.07) is 7.91. The molecule has 1 saturated carbocycles. The third-order valence-electron chi connectivity index (χ3n) is 6.81. The average Bonchev–Trinajstić information content (AvgIpc) is 3.22. The van der Waals surface area contributed by atoms with Crippen molar-refractivity contribution in [2.24, 2.45) is 5.92 Å². The monoisotopic (exact) mass is 458 g/mol. The maximum absolute atomic E-state index is 13.6. The van der Waals surface area contributed by atoms with Crippen molar-refractivity contribution in [1.82, 2.24) is 10.2 Å². The van der Waals surface area contributed by atoms with E-state index in [4.69, 9.17) is 9.47 Å². The summed E-state index contributed by atoms with van der Waals surface area (Å²) in [6.45, 7) is 6.03. The molecule has 0 spiro atoms. The molecule has 2 aliphatic rings. The van der Waals surface area contributed by atoms with Crippen LogP contribution >= 0.6 is 0 Å². The lowest BCUT2D eigenvalue weighted by molar-refractivity contribution is -0.157. The van der Waals surface area contributed by atoms with Crippen LogP contribution in [0.25, 0.3) is 0 Å². The van der Waals surface area contributed by atoms with Crippen molar-refractivity contribution >= 4 is 17.8 Å². The molecule has 1 aromatic rings. The zero-order chi connectivity index (χ0) is 23.8. The molecule has 1 aromatic carbocycles. The van der Waals surface area contributed by atoms with Crippen LogP contribution in [0.3, 0.4) is 0 Å². The zero-order valence-electron chi connectivity index (χ0n) is 20.1. The minimum Gasteiger partial charge on any atom is -0.465 e. The smallest absolute Gasteiger partial charge is 0.329 e. The second-order valence-electron chi connectivity index (χ2n) is 9.18. The maximum Gasteiger partial charge on any atom is 0.329 e. The lowest BCUT2D eigenvalue weighted by Gasteiger charge is -2.35. The van der Waals surface area contributed by atoms with Crippen molar-refractivity contribution < 1.29 is 23.9 Å². The number of esters is 2. The normalized spacial score (nSPS) is 24.0. The first-order chi connectivity index (χ1) is 16.0. The average molecular weight is 459 g/mol. The van der Waals surface area contributed by atoms with Gasteiger partial charge in [-0.25, -0.2) is 4.79 Å². The van der Waals surface area contributed by atoms with Gasteiger partial charge in [0.1, 0.15) is 18.7 Å². The lowest BCUT2D eigenvalue weighted by Crippen LogP contribution is -2.55. The van der Waals surface area contributed by atoms with E-state index in [2.05, 4.69) is 5.32 Å². The van der Waals surface area contributed by atoms with Crippen molar-refractivity contribution in [2.45, 2.75) is 96.5 Å². The van der Waals surface area contributed by atoms with Gasteiger partial charge >= 0.3 is 11.9 Å². The second kappa shape index (κ2) is 12.2. The van der Waals surface area contributed by atoms with Gasteiger partial charge in [-0.05, 0) is 51.0 Å². The van der Waals surface area contributed by atoms with Gasteiger partial charge in [0.25, 0.3) is 0 Å². The number of carbonyl (C=O) groups is 3. The van der Waals surface area contributed by atoms with Crippen LogP contribution in [0, 0.1) is 5.92 Å². The zero-order valence-corrected chi connectivity index (χ0v) is 20.1. The van der Waals surface area contributed by atoms with Crippen LogP contribution in [0.1, 0.15) is 71.3 Å². The lowest BCUT2D eigenvalue weighted by atomic mass is 9.84. The minimum atomic E-state index is -0.601. The first-order valence-electron chi connectivity index (χ1n) is 12.4. The Morgan fingerprint density at radius 2 is 1.82 bits per heavy atom. The van der Waals surface area contributed by atoms with Gasteiger partial charge in [0.15, 0.2) is 0 Å². The number of rotatable bonds is 10. The van der Waals surface area contributed by atoms with E-state index in [1.807, 2.05) is 37.3 Å². The molecular weight excluding hydrogens is 420 g/mol. The molecule has 1 amide bonds. The number of amides is 1. The molecule has 182 valence electrons. The van der Waals surface area contributed by atoms with Gasteiger partial charge in [0.05, 0.1) is 12.6 Å². The summed E-state index contributed by atoms with van der Waals surface area (Å²) in [5.74, 6) is -0.503. The highest BCUT2D eigenvalue weighted by Gasteiger charge is 2.49. The molecule has 1 saturated heterocycles. The molecule has 1 aliphatic heterocycles. The predicted octanol–water partition coefficient (Wildman–Crippen LogP) is 3.60. The largest absolute Gasteiger partial charge is 0.465 e. The van der Waals surface area contributed by atoms with E-state index in [9.17, 15) is 14.4 Å². The van der Waals surface area contributed by atoms with Gasteiger partial charge in [-0.1, -0.05) is 56.5 Å². The Labute approximate surface area is 197 Å². The van der Waals surface area contributed by atoms with E-state index in [-0.39, 0.29) is 30.5 Å². The number of benzene rings is 1. The minimum absolute atomic E-state index is 0.0528. The Balaban J connectivity index is 1.72. The third-order valence-corrected chi connectivity index (χ3v) is 6.81. The van der Waals surface area contributed by atoms with E-state index in [1.165, 1.54) is 0 Å². The van der Waals surface area contributed by atoms with Crippen LogP contribution in [0.15, 0.2) is 30.3 Å². The van der Waals surface area contributed by atoms with Gasteiger partial charge in [-0.15, -0.1) is 0 Å². The highest BCUT2D eigenvalue weighted by Crippen LogP contribution is 2.40. The summed E-state index contributed by atoms with van der Waals surface area (Å²) in [4.78, 5) is 40.8. The first-order valence-corrected chi connectivity index (χ1v) is 12.4. The van der Waals surface area contributed by atoms with Gasteiger partial charge in [0, 0.05) is 6.04 Å². The van der Waals surface area contributed by atoms with E-state index in [1.54, 1.807) is 18.7 Å². The van der Waals surface area contributed by atoms with Crippen LogP contribution < -0.4 is 5.32 Å². The summed E-state index contributed by atoms with van der Waals surface area (Å²) in [5.41, 5.74) is 0.922. The fraction of sp³-hybridized carbons (Fsp3) is 0.654. The molecule has 0 radical (unpaired) electrons. The van der Waals surface area contributed by atoms with Crippen molar-refractivity contribution in [1.29, 1.82) is 0 Å². The van der Waals surface area contributed by atoms with Gasteiger partial charge < -0.3 is 14.4 Å². The number of ether oxygens (including phenoxy) is 2. The molecule has 7 nitrogen and oxygen atoms in total. The molecule has 7 heteroatoms. The van der Waals surface area contributed by atoms with Crippen molar-refractivity contribution in [3.63, 3.8) is 0 Å². The number of likely N-dealkylation sites (tertiary alicyclic amines) is 1. The topological polar surface area (TPSA) is 84.9 Å². The summed E-state index contributed by atoms with van der Waals surface area (Å²) < 4.78 is 10.8. The fourth-order valence-electron chi connectivity index (χ4n) is 5.21. The maximum atomic E-state index is 13.6. The molecule has 3 rings (SSSR count). The molecule has 0 unspecified atom stereocenters. The highest BCUT2D eigenvalue weighted by molar-refractivity contribution is 5.89. The molecular formula is C26H38N2O5. The van der Waals surface area contributed by atoms with Crippen molar-refractivity contribution in [3.8, 4) is 0 Å². The van der Waals surface area contributed by atoms with Gasteiger partial charge in [-0.3, -0.25) is 14.9 Å². The fourth-order valence-corrected chi connectivity index (χ4v) is 5.21. The molecule has 0 bridgehead atoms. The summed E-state index contributed by atoms with van der Waals surface area (Å²) in [7, 11) is 0. The highest BCUT2D eigenvalue weighted by atomic mass is 16.5. The number of nitrogens with one attached hydrogen (secondary N) is 1. The van der Waals surface area contributed by atoms with Gasteiger partial charge in [-0.2, -0.15) is 0 Å². The molecule has 0 aromatic heterocycles. The van der Waals surface area contributed by atoms with E-state index < -0.39 is 18.1 Å². The summed E-state index contributed by atoms with van der Waals surface area (Å²) >= 11 is 0. The standard InChI is InChI=1S/C26H38N2O5/c1-4-11-21(25(30)32-5-2)27-18(3)24(29)28-22-15-10-9-14-20(22)16-23(28)26(31)33-17-19-12-7-6-8-13-19/h6-8,12-13,18,20-23,27H,4-5,9-11,14-17H2,1-3H3/t18-,20-,21+,22-,23-/m0/s1. The van der Waals surface area contributed by atoms with E-state index in [0.717, 1.165) is 37.7 Å². The number of nitrogens with zero attached hydrogens (tertiary/aromatic N) is 1. The predicted molar refractivity (Wildman–Crippen MR) is 125 cm³/mol. The van der Waals surface area contributed by atoms with Gasteiger partial charge in [0.2, 0.25) is 5.91 Å². The molecule has 5 atom stereocenters. The van der Waals surface area contributed by atoms with Crippen LogP contribution in [-0.2, 0) is 30.5 Å². The van der Waals surface area contributed by atoms with Crippen LogP contribution in [0.5, 0.6) is 0 Å². The first kappa shape index (κ1) is 25.2. The number of fused-ring (bicyclic) bond motifs is 1. The molecule has 33 heavy (non-hydrogen) atoms. The number of carbonyl (C=O) groups excluding carboxylic acids is 3. The third kappa shape index (κ3) is 6.34. The second-order valence-corrected chi connectivity index (χ2v) is 9.18. The van der Waals surface area contributed by atoms with Crippen molar-refractivity contribution in [3.05, 3.63) is 35.9 Å². The summed E-state index contributed by atoms with van der Waals surface area (Å²) in [5, 5.41) is 3.17. The van der Waals surface area contributed by atoms with Crippen LogP contribution in [0.4, 0.5) is 0 Å². The van der Waals surface area contributed by atoms with Crippen molar-refractivity contribution in [2.75, 3.05) is 6.61 Å². The van der Waals surface area contributed by atoms with E-state index in [0.29, 0.717) is 25.4 Å². The Kier molecular flexibility index (Phi) is 9.30. The Bertz CT molecular complexity index is 799. The number of hydrogen-bond donors (Lipinski definition) is 1. The molecule has 1 heterocycles. The van der Waals surface area contributed by atoms with E-state index >= 15 is 0 Å². The Hall–Kier alpha value is -2.41. The number of hydrogen-bond acceptors (Lipinski definition) is 6. The Morgan fingerprint density at radius 3 is 2.52 bits per heavy atom. The molecule has 1 aliphatic carbocycles. The van der Waals surface area contributed by atoms with Crippen LogP contribution in [-0.4, -0.2) is 53.5 Å². The quantitative estimate of drug-likeness (QED) is 0.539. The molecule has 1 N–H and O–H groups in total. The van der Waals surface area contributed by atoms with Crippen LogP contribution in [0.2, 0.25) is 0 Å². The Morgan fingerprint density at radius 1 is 1.09 bits per heavy atom.